The molecule has 1 aliphatic rings. The van der Waals surface area contributed by atoms with Crippen molar-refractivity contribution < 1.29 is 0 Å². The molecule has 1 atom stereocenters. The molecular formula is C17H36N2. The minimum absolute atomic E-state index is 0.579. The van der Waals surface area contributed by atoms with Crippen molar-refractivity contribution in [1.29, 1.82) is 0 Å². The molecule has 0 spiro atoms. The molecular weight excluding hydrogens is 232 g/mol. The molecule has 114 valence electrons. The molecule has 1 aliphatic carbocycles. The summed E-state index contributed by atoms with van der Waals surface area (Å²) in [6, 6.07) is 1.45. The van der Waals surface area contributed by atoms with Gasteiger partial charge >= 0.3 is 0 Å². The molecule has 2 nitrogen and oxygen atoms in total. The molecule has 1 fully saturated rings. The summed E-state index contributed by atoms with van der Waals surface area (Å²) in [5.41, 5.74) is 0.579. The van der Waals surface area contributed by atoms with Gasteiger partial charge in [0.25, 0.3) is 0 Å². The molecule has 0 aromatic carbocycles. The van der Waals surface area contributed by atoms with E-state index < -0.39 is 0 Å². The molecule has 0 bridgehead atoms. The molecule has 0 heterocycles. The first-order valence-electron chi connectivity index (χ1n) is 8.24. The van der Waals surface area contributed by atoms with Gasteiger partial charge in [0, 0.05) is 18.6 Å². The summed E-state index contributed by atoms with van der Waals surface area (Å²) in [6.45, 7) is 14.1. The van der Waals surface area contributed by atoms with Crippen LogP contribution in [0.15, 0.2) is 0 Å². The number of nitrogens with one attached hydrogen (secondary N) is 1. The second-order valence-electron chi connectivity index (χ2n) is 7.80. The second-order valence-corrected chi connectivity index (χ2v) is 7.80. The minimum Gasteiger partial charge on any atom is -0.315 e. The Morgan fingerprint density at radius 2 is 1.74 bits per heavy atom. The zero-order valence-corrected chi connectivity index (χ0v) is 14.1. The van der Waals surface area contributed by atoms with Crippen molar-refractivity contribution in [3.8, 4) is 0 Å². The fourth-order valence-corrected chi connectivity index (χ4v) is 3.00. The van der Waals surface area contributed by atoms with Crippen LogP contribution in [0.1, 0.15) is 66.7 Å². The Labute approximate surface area is 121 Å². The van der Waals surface area contributed by atoms with Crippen molar-refractivity contribution in [3.63, 3.8) is 0 Å². The second kappa shape index (κ2) is 7.64. The molecule has 1 rings (SSSR count). The van der Waals surface area contributed by atoms with E-state index in [1.807, 2.05) is 0 Å². The number of likely N-dealkylation sites (N-methyl/N-ethyl adjacent to an activating group) is 1. The molecule has 2 heteroatoms. The Morgan fingerprint density at radius 3 is 2.26 bits per heavy atom. The molecule has 0 saturated heterocycles. The molecule has 19 heavy (non-hydrogen) atoms. The van der Waals surface area contributed by atoms with Crippen molar-refractivity contribution in [3.05, 3.63) is 0 Å². The van der Waals surface area contributed by atoms with Crippen LogP contribution in [0.4, 0.5) is 0 Å². The van der Waals surface area contributed by atoms with Gasteiger partial charge in [-0.25, -0.2) is 0 Å². The Hall–Kier alpha value is -0.0800. The highest BCUT2D eigenvalue weighted by molar-refractivity contribution is 4.84. The van der Waals surface area contributed by atoms with Gasteiger partial charge in [-0.15, -0.1) is 0 Å². The van der Waals surface area contributed by atoms with Crippen molar-refractivity contribution in [2.45, 2.75) is 78.8 Å². The number of nitrogens with zero attached hydrogens (tertiary/aromatic N) is 1. The van der Waals surface area contributed by atoms with Gasteiger partial charge in [0.1, 0.15) is 0 Å². The summed E-state index contributed by atoms with van der Waals surface area (Å²) in [6.07, 6.45) is 6.80. The third-order valence-corrected chi connectivity index (χ3v) is 4.92. The third kappa shape index (κ3) is 6.27. The van der Waals surface area contributed by atoms with Crippen LogP contribution >= 0.6 is 0 Å². The highest BCUT2D eigenvalue weighted by Crippen LogP contribution is 2.36. The summed E-state index contributed by atoms with van der Waals surface area (Å²) in [5.74, 6) is 0.807. The van der Waals surface area contributed by atoms with Crippen LogP contribution in [0.5, 0.6) is 0 Å². The molecule has 1 unspecified atom stereocenters. The summed E-state index contributed by atoms with van der Waals surface area (Å²) >= 11 is 0. The molecule has 0 radical (unpaired) electrons. The lowest BCUT2D eigenvalue weighted by atomic mass is 9.75. The van der Waals surface area contributed by atoms with Crippen LogP contribution in [0, 0.1) is 11.3 Å². The van der Waals surface area contributed by atoms with Crippen LogP contribution in [-0.4, -0.2) is 37.1 Å². The largest absolute Gasteiger partial charge is 0.315 e. The van der Waals surface area contributed by atoms with Crippen molar-refractivity contribution in [2.24, 2.45) is 11.3 Å². The van der Waals surface area contributed by atoms with Gasteiger partial charge in [0.05, 0.1) is 0 Å². The monoisotopic (exact) mass is 268 g/mol. The summed E-state index contributed by atoms with van der Waals surface area (Å²) in [5, 5.41) is 3.61. The molecule has 1 saturated carbocycles. The van der Waals surface area contributed by atoms with E-state index in [1.54, 1.807) is 0 Å². The predicted molar refractivity (Wildman–Crippen MR) is 85.6 cm³/mol. The first-order valence-corrected chi connectivity index (χ1v) is 8.24. The van der Waals surface area contributed by atoms with Crippen molar-refractivity contribution in [1.82, 2.24) is 10.2 Å². The number of hydrogen-bond donors (Lipinski definition) is 1. The van der Waals surface area contributed by atoms with Gasteiger partial charge in [-0.1, -0.05) is 27.7 Å². The average Bonchev–Trinajstić information content (AvgIpc) is 2.33. The molecule has 0 aromatic heterocycles. The molecule has 0 aromatic rings. The minimum atomic E-state index is 0.579. The first-order chi connectivity index (χ1) is 8.82. The first kappa shape index (κ1) is 17.0. The maximum absolute atomic E-state index is 3.61. The van der Waals surface area contributed by atoms with E-state index >= 15 is 0 Å². The smallest absolute Gasteiger partial charge is 0.0192 e. The highest BCUT2D eigenvalue weighted by Gasteiger charge is 2.30. The van der Waals surface area contributed by atoms with Gasteiger partial charge in [0.15, 0.2) is 0 Å². The van der Waals surface area contributed by atoms with Crippen molar-refractivity contribution in [2.75, 3.05) is 20.1 Å². The van der Waals surface area contributed by atoms with Crippen LogP contribution < -0.4 is 5.32 Å². The maximum Gasteiger partial charge on any atom is 0.0192 e. The summed E-state index contributed by atoms with van der Waals surface area (Å²) in [7, 11) is 2.32. The van der Waals surface area contributed by atoms with Gasteiger partial charge in [-0.05, 0) is 64.0 Å². The standard InChI is InChI=1S/C17H36N2/c1-14(2)9-12-18-13-15(3)19(6)16-7-10-17(4,5)11-8-16/h14-16,18H,7-13H2,1-6H3. The predicted octanol–water partition coefficient (Wildman–Crippen LogP) is 3.91. The zero-order chi connectivity index (χ0) is 14.5. The Morgan fingerprint density at radius 1 is 1.16 bits per heavy atom. The maximum atomic E-state index is 3.61. The number of rotatable bonds is 7. The van der Waals surface area contributed by atoms with E-state index in [9.17, 15) is 0 Å². The van der Waals surface area contributed by atoms with E-state index in [4.69, 9.17) is 0 Å². The lowest BCUT2D eigenvalue weighted by Crippen LogP contribution is -2.46. The van der Waals surface area contributed by atoms with Crippen LogP contribution in [0.25, 0.3) is 0 Å². The molecule has 0 amide bonds. The van der Waals surface area contributed by atoms with Gasteiger partial charge < -0.3 is 5.32 Å². The lowest BCUT2D eigenvalue weighted by Gasteiger charge is -2.41. The van der Waals surface area contributed by atoms with Gasteiger partial charge in [-0.3, -0.25) is 4.90 Å². The Bertz CT molecular complexity index is 238. The van der Waals surface area contributed by atoms with Gasteiger partial charge in [0.2, 0.25) is 0 Å². The summed E-state index contributed by atoms with van der Waals surface area (Å²) < 4.78 is 0. The fourth-order valence-electron chi connectivity index (χ4n) is 3.00. The van der Waals surface area contributed by atoms with Crippen molar-refractivity contribution >= 4 is 0 Å². The highest BCUT2D eigenvalue weighted by atomic mass is 15.2. The van der Waals surface area contributed by atoms with Gasteiger partial charge in [-0.2, -0.15) is 0 Å². The Kier molecular flexibility index (Phi) is 6.82. The topological polar surface area (TPSA) is 15.3 Å². The van der Waals surface area contributed by atoms with E-state index in [1.165, 1.54) is 32.1 Å². The van der Waals surface area contributed by atoms with E-state index in [-0.39, 0.29) is 0 Å². The number of hydrogen-bond acceptors (Lipinski definition) is 2. The Balaban J connectivity index is 2.23. The van der Waals surface area contributed by atoms with E-state index in [2.05, 4.69) is 51.9 Å². The van der Waals surface area contributed by atoms with Crippen LogP contribution in [0.3, 0.4) is 0 Å². The quantitative estimate of drug-likeness (QED) is 0.704. The SMILES string of the molecule is CC(C)CCNCC(C)N(C)C1CCC(C)(C)CC1. The van der Waals surface area contributed by atoms with Crippen LogP contribution in [-0.2, 0) is 0 Å². The average molecular weight is 268 g/mol. The van der Waals surface area contributed by atoms with Crippen LogP contribution in [0.2, 0.25) is 0 Å². The lowest BCUT2D eigenvalue weighted by molar-refractivity contribution is 0.0996. The third-order valence-electron chi connectivity index (χ3n) is 4.92. The van der Waals surface area contributed by atoms with E-state index in [0.29, 0.717) is 11.5 Å². The summed E-state index contributed by atoms with van der Waals surface area (Å²) in [4.78, 5) is 2.61. The molecule has 1 N–H and O–H groups in total. The zero-order valence-electron chi connectivity index (χ0n) is 14.1. The fraction of sp³-hybridized carbons (Fsp3) is 1.00. The van der Waals surface area contributed by atoms with E-state index in [0.717, 1.165) is 25.0 Å². The molecule has 0 aliphatic heterocycles. The normalized spacial score (nSPS) is 22.1.